The number of hydrogen-bond donors (Lipinski definition) is 0. The van der Waals surface area contributed by atoms with E-state index in [1.54, 1.807) is 0 Å². The molecule has 82 valence electrons. The summed E-state index contributed by atoms with van der Waals surface area (Å²) in [6.07, 6.45) is 1.68. The predicted molar refractivity (Wildman–Crippen MR) is 62.4 cm³/mol. The summed E-state index contributed by atoms with van der Waals surface area (Å²) in [7, 11) is 0. The summed E-state index contributed by atoms with van der Waals surface area (Å²) in [5.74, 6) is 0. The highest BCUT2D eigenvalue weighted by molar-refractivity contribution is 5.47. The van der Waals surface area contributed by atoms with Crippen molar-refractivity contribution >= 4 is 6.08 Å². The minimum atomic E-state index is -0.144. The molecular weight excluding hydrogens is 188 g/mol. The third kappa shape index (κ3) is 4.28. The number of benzene rings is 1. The van der Waals surface area contributed by atoms with E-state index < -0.39 is 0 Å². The second-order valence-corrected chi connectivity index (χ2v) is 3.28. The molecule has 0 saturated carbocycles. The Hall–Kier alpha value is -1.12. The lowest BCUT2D eigenvalue weighted by molar-refractivity contribution is -0.134. The zero-order valence-electron chi connectivity index (χ0n) is 9.40. The summed E-state index contributed by atoms with van der Waals surface area (Å²) in [5.41, 5.74) is 2.27. The lowest BCUT2D eigenvalue weighted by atomic mass is 10.1. The van der Waals surface area contributed by atoms with Gasteiger partial charge in [0.05, 0.1) is 6.61 Å². The summed E-state index contributed by atoms with van der Waals surface area (Å²) in [4.78, 5) is 0. The minimum Gasteiger partial charge on any atom is -0.353 e. The van der Waals surface area contributed by atoms with Crippen molar-refractivity contribution in [3.8, 4) is 0 Å². The van der Waals surface area contributed by atoms with Crippen LogP contribution in [0.4, 0.5) is 0 Å². The molecule has 0 amide bonds. The lowest BCUT2D eigenvalue weighted by Crippen LogP contribution is -2.12. The fraction of sp³-hybridized carbons (Fsp3) is 0.385. The topological polar surface area (TPSA) is 18.5 Å². The van der Waals surface area contributed by atoms with Crippen molar-refractivity contribution in [3.63, 3.8) is 0 Å². The van der Waals surface area contributed by atoms with E-state index in [-0.39, 0.29) is 6.29 Å². The Morgan fingerprint density at radius 1 is 1.27 bits per heavy atom. The molecule has 0 radical (unpaired) electrons. The highest BCUT2D eigenvalue weighted by Crippen LogP contribution is 2.08. The quantitative estimate of drug-likeness (QED) is 0.665. The standard InChI is InChI=1S/C13H18O2/c1-4-12-6-8-13(9-7-12)10-15-11(3)14-5-2/h4,6-9,11H,1,5,10H2,2-3H3. The zero-order valence-corrected chi connectivity index (χ0v) is 9.40. The van der Waals surface area contributed by atoms with Crippen molar-refractivity contribution < 1.29 is 9.47 Å². The molecule has 0 saturated heterocycles. The summed E-state index contributed by atoms with van der Waals surface area (Å²) in [6.45, 7) is 8.83. The first-order chi connectivity index (χ1) is 7.26. The summed E-state index contributed by atoms with van der Waals surface area (Å²) >= 11 is 0. The average Bonchev–Trinajstić information content (AvgIpc) is 2.27. The van der Waals surface area contributed by atoms with Gasteiger partial charge < -0.3 is 9.47 Å². The molecule has 1 unspecified atom stereocenters. The van der Waals surface area contributed by atoms with E-state index in [1.807, 2.05) is 44.2 Å². The van der Waals surface area contributed by atoms with Crippen LogP contribution >= 0.6 is 0 Å². The van der Waals surface area contributed by atoms with Gasteiger partial charge in [-0.15, -0.1) is 0 Å². The van der Waals surface area contributed by atoms with Gasteiger partial charge >= 0.3 is 0 Å². The molecule has 0 aliphatic rings. The number of ether oxygens (including phenoxy) is 2. The molecule has 0 N–H and O–H groups in total. The summed E-state index contributed by atoms with van der Waals surface area (Å²) in [5, 5.41) is 0. The summed E-state index contributed by atoms with van der Waals surface area (Å²) < 4.78 is 10.8. The highest BCUT2D eigenvalue weighted by Gasteiger charge is 2.00. The fourth-order valence-corrected chi connectivity index (χ4v) is 1.25. The molecule has 0 aromatic heterocycles. The number of rotatable bonds is 6. The Morgan fingerprint density at radius 3 is 2.47 bits per heavy atom. The zero-order chi connectivity index (χ0) is 11.1. The first kappa shape index (κ1) is 12.0. The van der Waals surface area contributed by atoms with Gasteiger partial charge in [0.1, 0.15) is 0 Å². The van der Waals surface area contributed by atoms with Crippen molar-refractivity contribution in [3.05, 3.63) is 42.0 Å². The van der Waals surface area contributed by atoms with Gasteiger partial charge in [0, 0.05) is 6.61 Å². The van der Waals surface area contributed by atoms with Crippen LogP contribution in [0.1, 0.15) is 25.0 Å². The minimum absolute atomic E-state index is 0.144. The van der Waals surface area contributed by atoms with Gasteiger partial charge in [-0.2, -0.15) is 0 Å². The first-order valence-electron chi connectivity index (χ1n) is 5.21. The Bertz CT molecular complexity index is 290. The monoisotopic (exact) mass is 206 g/mol. The van der Waals surface area contributed by atoms with Gasteiger partial charge in [-0.05, 0) is 25.0 Å². The maximum Gasteiger partial charge on any atom is 0.155 e. The SMILES string of the molecule is C=Cc1ccc(COC(C)OCC)cc1. The van der Waals surface area contributed by atoms with E-state index in [1.165, 1.54) is 0 Å². The second-order valence-electron chi connectivity index (χ2n) is 3.28. The van der Waals surface area contributed by atoms with E-state index in [2.05, 4.69) is 6.58 Å². The molecule has 0 heterocycles. The molecule has 0 aliphatic heterocycles. The van der Waals surface area contributed by atoms with Gasteiger partial charge in [-0.3, -0.25) is 0 Å². The van der Waals surface area contributed by atoms with E-state index >= 15 is 0 Å². The number of hydrogen-bond acceptors (Lipinski definition) is 2. The molecule has 2 nitrogen and oxygen atoms in total. The molecule has 0 aliphatic carbocycles. The molecule has 0 fully saturated rings. The Morgan fingerprint density at radius 2 is 1.93 bits per heavy atom. The summed E-state index contributed by atoms with van der Waals surface area (Å²) in [6, 6.07) is 8.12. The van der Waals surface area contributed by atoms with Gasteiger partial charge in [-0.1, -0.05) is 36.9 Å². The third-order valence-corrected chi connectivity index (χ3v) is 2.10. The smallest absolute Gasteiger partial charge is 0.155 e. The Labute approximate surface area is 91.5 Å². The van der Waals surface area contributed by atoms with E-state index in [0.29, 0.717) is 13.2 Å². The lowest BCUT2D eigenvalue weighted by Gasteiger charge is -2.12. The average molecular weight is 206 g/mol. The molecule has 1 aromatic rings. The van der Waals surface area contributed by atoms with Crippen molar-refractivity contribution in [2.75, 3.05) is 6.61 Å². The van der Waals surface area contributed by atoms with Gasteiger partial charge in [0.25, 0.3) is 0 Å². The molecule has 15 heavy (non-hydrogen) atoms. The molecule has 1 rings (SSSR count). The largest absolute Gasteiger partial charge is 0.353 e. The maximum absolute atomic E-state index is 5.49. The van der Waals surface area contributed by atoms with E-state index in [9.17, 15) is 0 Å². The van der Waals surface area contributed by atoms with Gasteiger partial charge in [-0.25, -0.2) is 0 Å². The van der Waals surface area contributed by atoms with Crippen molar-refractivity contribution in [2.45, 2.75) is 26.7 Å². The second kappa shape index (κ2) is 6.38. The Balaban J connectivity index is 2.40. The van der Waals surface area contributed by atoms with Crippen molar-refractivity contribution in [1.29, 1.82) is 0 Å². The highest BCUT2D eigenvalue weighted by atomic mass is 16.7. The van der Waals surface area contributed by atoms with Crippen LogP contribution in [-0.2, 0) is 16.1 Å². The molecule has 0 spiro atoms. The first-order valence-corrected chi connectivity index (χ1v) is 5.21. The normalized spacial score (nSPS) is 12.4. The van der Waals surface area contributed by atoms with Crippen LogP contribution in [0.25, 0.3) is 6.08 Å². The molecular formula is C13H18O2. The van der Waals surface area contributed by atoms with Crippen LogP contribution in [0, 0.1) is 0 Å². The van der Waals surface area contributed by atoms with Gasteiger partial charge in [0.15, 0.2) is 6.29 Å². The molecule has 1 atom stereocenters. The van der Waals surface area contributed by atoms with Crippen molar-refractivity contribution in [2.24, 2.45) is 0 Å². The van der Waals surface area contributed by atoms with Gasteiger partial charge in [0.2, 0.25) is 0 Å². The molecule has 1 aromatic carbocycles. The Kier molecular flexibility index (Phi) is 5.08. The van der Waals surface area contributed by atoms with Crippen LogP contribution in [0.2, 0.25) is 0 Å². The fourth-order valence-electron chi connectivity index (χ4n) is 1.25. The van der Waals surface area contributed by atoms with E-state index in [4.69, 9.17) is 9.47 Å². The molecule has 2 heteroatoms. The maximum atomic E-state index is 5.49. The third-order valence-electron chi connectivity index (χ3n) is 2.10. The van der Waals surface area contributed by atoms with Crippen LogP contribution in [-0.4, -0.2) is 12.9 Å². The van der Waals surface area contributed by atoms with Crippen LogP contribution in [0.5, 0.6) is 0 Å². The van der Waals surface area contributed by atoms with Crippen LogP contribution in [0.15, 0.2) is 30.8 Å². The molecule has 0 bridgehead atoms. The van der Waals surface area contributed by atoms with E-state index in [0.717, 1.165) is 11.1 Å². The van der Waals surface area contributed by atoms with Crippen molar-refractivity contribution in [1.82, 2.24) is 0 Å². The predicted octanol–water partition coefficient (Wildman–Crippen LogP) is 3.23. The van der Waals surface area contributed by atoms with Crippen LogP contribution in [0.3, 0.4) is 0 Å². The van der Waals surface area contributed by atoms with Crippen LogP contribution < -0.4 is 0 Å².